The highest BCUT2D eigenvalue weighted by molar-refractivity contribution is 5.86. The zero-order valence-electron chi connectivity index (χ0n) is 16.7. The lowest BCUT2D eigenvalue weighted by Gasteiger charge is -2.32. The Balaban J connectivity index is 1.32. The molecular weight excluding hydrogens is 376 g/mol. The largest absolute Gasteiger partial charge is 0.497 e. The number of benzene rings is 2. The topological polar surface area (TPSA) is 103 Å². The van der Waals surface area contributed by atoms with Crippen molar-refractivity contribution >= 4 is 27.8 Å². The minimum absolute atomic E-state index is 0.624. The van der Waals surface area contributed by atoms with Crippen molar-refractivity contribution in [2.75, 3.05) is 13.7 Å². The number of fused-ring (bicyclic) bond motifs is 2. The molecule has 7 nitrogen and oxygen atoms in total. The molecule has 2 aromatic heterocycles. The van der Waals surface area contributed by atoms with Gasteiger partial charge in [-0.1, -0.05) is 12.1 Å². The van der Waals surface area contributed by atoms with Crippen molar-refractivity contribution in [3.63, 3.8) is 0 Å². The zero-order valence-corrected chi connectivity index (χ0v) is 16.7. The molecule has 0 saturated carbocycles. The molecule has 1 aliphatic rings. The van der Waals surface area contributed by atoms with E-state index in [0.717, 1.165) is 39.5 Å². The fraction of sp³-hybridized carbons (Fsp3) is 0.174. The summed E-state index contributed by atoms with van der Waals surface area (Å²) in [6, 6.07) is 14.2. The second kappa shape index (κ2) is 7.27. The average Bonchev–Trinajstić information content (AvgIpc) is 3.40. The quantitative estimate of drug-likeness (QED) is 0.355. The number of nitrogens with one attached hydrogen (secondary N) is 4. The van der Waals surface area contributed by atoms with E-state index < -0.39 is 5.66 Å². The number of aromatic amines is 2. The van der Waals surface area contributed by atoms with Crippen LogP contribution in [0.1, 0.15) is 11.1 Å². The van der Waals surface area contributed by atoms with Gasteiger partial charge >= 0.3 is 0 Å². The van der Waals surface area contributed by atoms with Gasteiger partial charge in [0, 0.05) is 41.6 Å². The number of aromatic nitrogens is 2. The summed E-state index contributed by atoms with van der Waals surface area (Å²) in [6.45, 7) is 0.624. The molecule has 6 N–H and O–H groups in total. The molecule has 0 radical (unpaired) electrons. The maximum absolute atomic E-state index is 6.65. The van der Waals surface area contributed by atoms with Crippen LogP contribution in [0.5, 0.6) is 5.75 Å². The maximum Gasteiger partial charge on any atom is 0.197 e. The van der Waals surface area contributed by atoms with Crippen molar-refractivity contribution in [2.45, 2.75) is 12.1 Å². The molecule has 7 heteroatoms. The average molecular weight is 400 g/mol. The van der Waals surface area contributed by atoms with Crippen LogP contribution >= 0.6 is 0 Å². The molecule has 2 aromatic carbocycles. The summed E-state index contributed by atoms with van der Waals surface area (Å²) < 4.78 is 5.35. The van der Waals surface area contributed by atoms with Crippen molar-refractivity contribution in [1.82, 2.24) is 20.6 Å². The molecule has 5 rings (SSSR count). The Morgan fingerprint density at radius 1 is 1.07 bits per heavy atom. The predicted octanol–water partition coefficient (Wildman–Crippen LogP) is 3.07. The molecule has 0 amide bonds. The first-order chi connectivity index (χ1) is 14.6. The van der Waals surface area contributed by atoms with Gasteiger partial charge in [-0.2, -0.15) is 0 Å². The summed E-state index contributed by atoms with van der Waals surface area (Å²) in [6.07, 6.45) is 8.50. The Labute approximate surface area is 174 Å². The summed E-state index contributed by atoms with van der Waals surface area (Å²) in [5.74, 6) is 1.51. The highest BCUT2D eigenvalue weighted by Crippen LogP contribution is 2.25. The number of aliphatic imine (C=N–C) groups is 1. The smallest absolute Gasteiger partial charge is 0.197 e. The Bertz CT molecular complexity index is 1270. The van der Waals surface area contributed by atoms with Crippen LogP contribution in [-0.4, -0.2) is 29.6 Å². The molecule has 1 atom stereocenters. The molecule has 4 aromatic rings. The molecule has 3 heterocycles. The SMILES string of the molecule is COc1ccc2[nH]cc(CCN=C3NC=CC(N)(c4ccc5cc[nH]c5c4)N3)c2c1. The summed E-state index contributed by atoms with van der Waals surface area (Å²) >= 11 is 0. The molecule has 152 valence electrons. The fourth-order valence-electron chi connectivity index (χ4n) is 3.86. The van der Waals surface area contributed by atoms with E-state index in [1.54, 1.807) is 7.11 Å². The third kappa shape index (κ3) is 3.29. The molecule has 0 spiro atoms. The van der Waals surface area contributed by atoms with Crippen molar-refractivity contribution in [3.05, 3.63) is 78.3 Å². The van der Waals surface area contributed by atoms with Gasteiger partial charge in [-0.25, -0.2) is 0 Å². The van der Waals surface area contributed by atoms with Gasteiger partial charge in [0.1, 0.15) is 11.4 Å². The van der Waals surface area contributed by atoms with Crippen molar-refractivity contribution < 1.29 is 4.74 Å². The predicted molar refractivity (Wildman–Crippen MR) is 120 cm³/mol. The lowest BCUT2D eigenvalue weighted by Crippen LogP contribution is -2.57. The van der Waals surface area contributed by atoms with E-state index in [1.165, 1.54) is 5.56 Å². The summed E-state index contributed by atoms with van der Waals surface area (Å²) in [5.41, 5.74) is 10.1. The molecule has 0 fully saturated rings. The number of guanidine groups is 1. The minimum atomic E-state index is -0.822. The Hall–Kier alpha value is -3.71. The molecule has 0 bridgehead atoms. The summed E-state index contributed by atoms with van der Waals surface area (Å²) in [4.78, 5) is 11.2. The highest BCUT2D eigenvalue weighted by atomic mass is 16.5. The van der Waals surface area contributed by atoms with E-state index in [-0.39, 0.29) is 0 Å². The first-order valence-corrected chi connectivity index (χ1v) is 9.92. The number of ether oxygens (including phenoxy) is 1. The first-order valence-electron chi connectivity index (χ1n) is 9.92. The molecule has 1 unspecified atom stereocenters. The van der Waals surface area contributed by atoms with E-state index in [4.69, 9.17) is 15.5 Å². The molecule has 0 saturated heterocycles. The normalized spacial score (nSPS) is 19.9. The van der Waals surface area contributed by atoms with Gasteiger partial charge < -0.3 is 31.1 Å². The van der Waals surface area contributed by atoms with Gasteiger partial charge in [0.25, 0.3) is 0 Å². The van der Waals surface area contributed by atoms with Crippen LogP contribution in [0.2, 0.25) is 0 Å². The van der Waals surface area contributed by atoms with Crippen molar-refractivity contribution in [2.24, 2.45) is 10.7 Å². The number of nitrogens with zero attached hydrogens (tertiary/aromatic N) is 1. The van der Waals surface area contributed by atoms with E-state index in [9.17, 15) is 0 Å². The van der Waals surface area contributed by atoms with Crippen molar-refractivity contribution in [1.29, 1.82) is 0 Å². The van der Waals surface area contributed by atoms with Crippen LogP contribution in [0.4, 0.5) is 0 Å². The van der Waals surface area contributed by atoms with Crippen LogP contribution in [0.3, 0.4) is 0 Å². The number of hydrogen-bond acceptors (Lipinski definition) is 3. The van der Waals surface area contributed by atoms with Gasteiger partial charge in [-0.05, 0) is 59.3 Å². The third-order valence-corrected chi connectivity index (χ3v) is 5.55. The second-order valence-corrected chi connectivity index (χ2v) is 7.46. The van der Waals surface area contributed by atoms with Crippen molar-refractivity contribution in [3.8, 4) is 5.75 Å². The first kappa shape index (κ1) is 18.3. The zero-order chi connectivity index (χ0) is 20.6. The molecular formula is C23H24N6O. The van der Waals surface area contributed by atoms with Gasteiger partial charge in [0.2, 0.25) is 0 Å². The van der Waals surface area contributed by atoms with Gasteiger partial charge in [-0.3, -0.25) is 4.99 Å². The third-order valence-electron chi connectivity index (χ3n) is 5.55. The van der Waals surface area contributed by atoms with Gasteiger partial charge in [-0.15, -0.1) is 0 Å². The van der Waals surface area contributed by atoms with Crippen LogP contribution in [0, 0.1) is 0 Å². The number of nitrogens with two attached hydrogens (primary N) is 1. The summed E-state index contributed by atoms with van der Waals surface area (Å²) in [7, 11) is 1.68. The monoisotopic (exact) mass is 400 g/mol. The Morgan fingerprint density at radius 2 is 2.00 bits per heavy atom. The second-order valence-electron chi connectivity index (χ2n) is 7.46. The standard InChI is InChI=1S/C23H24N6O/c1-30-18-4-5-20-19(13-18)16(14-28-20)7-10-26-22-27-11-8-23(24,29-22)17-3-2-15-6-9-25-21(15)12-17/h2-6,8-9,11-14,25,28H,7,10,24H2,1H3,(H2,26,27,29). The molecule has 1 aliphatic heterocycles. The van der Waals surface area contributed by atoms with Gasteiger partial charge in [0.15, 0.2) is 5.96 Å². The van der Waals surface area contributed by atoms with Crippen LogP contribution < -0.4 is 21.1 Å². The van der Waals surface area contributed by atoms with Crippen LogP contribution in [0.25, 0.3) is 21.8 Å². The Morgan fingerprint density at radius 3 is 2.90 bits per heavy atom. The minimum Gasteiger partial charge on any atom is -0.497 e. The lowest BCUT2D eigenvalue weighted by molar-refractivity contribution is 0.415. The van der Waals surface area contributed by atoms with Crippen LogP contribution in [0.15, 0.2) is 72.1 Å². The summed E-state index contributed by atoms with van der Waals surface area (Å²) in [5, 5.41) is 8.80. The van der Waals surface area contributed by atoms with Gasteiger partial charge in [0.05, 0.1) is 7.11 Å². The van der Waals surface area contributed by atoms with E-state index in [2.05, 4.69) is 38.8 Å². The fourth-order valence-corrected chi connectivity index (χ4v) is 3.86. The number of rotatable bonds is 5. The molecule has 0 aliphatic carbocycles. The highest BCUT2D eigenvalue weighted by Gasteiger charge is 2.28. The van der Waals surface area contributed by atoms with Crippen LogP contribution in [-0.2, 0) is 12.1 Å². The number of hydrogen-bond donors (Lipinski definition) is 5. The lowest BCUT2D eigenvalue weighted by atomic mass is 9.98. The van der Waals surface area contributed by atoms with E-state index in [0.29, 0.717) is 12.5 Å². The number of methoxy groups -OCH3 is 1. The number of H-pyrrole nitrogens is 2. The van der Waals surface area contributed by atoms with E-state index >= 15 is 0 Å². The maximum atomic E-state index is 6.65. The Kier molecular flexibility index (Phi) is 4.44. The van der Waals surface area contributed by atoms with E-state index in [1.807, 2.05) is 48.9 Å². The molecule has 30 heavy (non-hydrogen) atoms.